The molecule has 1 aromatic heterocycles. The summed E-state index contributed by atoms with van der Waals surface area (Å²) < 4.78 is 7.09. The summed E-state index contributed by atoms with van der Waals surface area (Å²) in [6.45, 7) is 5.64. The quantitative estimate of drug-likeness (QED) is 0.662. The number of nitrogens with one attached hydrogen (secondary N) is 1. The van der Waals surface area contributed by atoms with E-state index in [4.69, 9.17) is 4.74 Å². The molecule has 3 heterocycles. The number of ether oxygens (including phenoxy) is 1. The fraction of sp³-hybridized carbons (Fsp3) is 0.500. The van der Waals surface area contributed by atoms with Crippen LogP contribution in [-0.2, 0) is 20.7 Å². The van der Waals surface area contributed by atoms with E-state index in [1.807, 2.05) is 18.2 Å². The lowest BCUT2D eigenvalue weighted by atomic mass is 10.1. The third-order valence-corrected chi connectivity index (χ3v) is 5.78. The second-order valence-corrected chi connectivity index (χ2v) is 7.76. The van der Waals surface area contributed by atoms with Crippen LogP contribution in [0.1, 0.15) is 24.4 Å². The Morgan fingerprint density at radius 1 is 1.17 bits per heavy atom. The molecule has 8 nitrogen and oxygen atoms in total. The zero-order valence-corrected chi connectivity index (χ0v) is 17.2. The van der Waals surface area contributed by atoms with Crippen LogP contribution < -0.4 is 10.2 Å². The Labute approximate surface area is 176 Å². The highest BCUT2D eigenvalue weighted by molar-refractivity contribution is 6.00. The molecule has 0 radical (unpaired) electrons. The summed E-state index contributed by atoms with van der Waals surface area (Å²) in [7, 11) is 0. The standard InChI is InChI=1S/C22H29N5O3/c28-21(24-7-3-9-25-12-14-30-15-13-25)16-20(26-11-8-23-17-26)22(29)27-10-6-18-4-1-2-5-19(18)27/h1-2,4-5,8,11,17,20H,3,6-7,9-10,12-16H2,(H,24,28). The van der Waals surface area contributed by atoms with Crippen LogP contribution in [0.15, 0.2) is 43.0 Å². The van der Waals surface area contributed by atoms with Gasteiger partial charge in [0.1, 0.15) is 6.04 Å². The number of rotatable bonds is 8. The van der Waals surface area contributed by atoms with E-state index in [1.165, 1.54) is 5.56 Å². The fourth-order valence-corrected chi connectivity index (χ4v) is 4.12. The molecule has 8 heteroatoms. The smallest absolute Gasteiger partial charge is 0.250 e. The molecule has 2 amide bonds. The number of anilines is 1. The van der Waals surface area contributed by atoms with Crippen LogP contribution in [0.25, 0.3) is 0 Å². The van der Waals surface area contributed by atoms with E-state index in [-0.39, 0.29) is 18.2 Å². The number of hydrogen-bond acceptors (Lipinski definition) is 5. The third kappa shape index (κ3) is 4.88. The van der Waals surface area contributed by atoms with Gasteiger partial charge in [-0.2, -0.15) is 0 Å². The van der Waals surface area contributed by atoms with Crippen molar-refractivity contribution >= 4 is 17.5 Å². The number of benzene rings is 1. The van der Waals surface area contributed by atoms with E-state index in [1.54, 1.807) is 28.2 Å². The average molecular weight is 412 g/mol. The highest BCUT2D eigenvalue weighted by Gasteiger charge is 2.32. The van der Waals surface area contributed by atoms with Gasteiger partial charge >= 0.3 is 0 Å². The molecule has 2 aliphatic rings. The van der Waals surface area contributed by atoms with E-state index in [0.29, 0.717) is 13.1 Å². The van der Waals surface area contributed by atoms with Gasteiger partial charge in [0.25, 0.3) is 5.91 Å². The van der Waals surface area contributed by atoms with Crippen LogP contribution in [0.3, 0.4) is 0 Å². The summed E-state index contributed by atoms with van der Waals surface area (Å²) in [5.41, 5.74) is 2.11. The van der Waals surface area contributed by atoms with Gasteiger partial charge in [-0.15, -0.1) is 0 Å². The Morgan fingerprint density at radius 3 is 2.80 bits per heavy atom. The lowest BCUT2D eigenvalue weighted by molar-refractivity contribution is -0.128. The first-order valence-electron chi connectivity index (χ1n) is 10.7. The lowest BCUT2D eigenvalue weighted by Gasteiger charge is -2.26. The minimum atomic E-state index is -0.599. The lowest BCUT2D eigenvalue weighted by Crippen LogP contribution is -2.40. The molecular formula is C22H29N5O3. The predicted molar refractivity (Wildman–Crippen MR) is 113 cm³/mol. The maximum Gasteiger partial charge on any atom is 0.250 e. The van der Waals surface area contributed by atoms with Crippen LogP contribution in [0, 0.1) is 0 Å². The van der Waals surface area contributed by atoms with E-state index in [0.717, 1.165) is 51.4 Å². The van der Waals surface area contributed by atoms with Crippen molar-refractivity contribution in [2.75, 3.05) is 50.8 Å². The van der Waals surface area contributed by atoms with Gasteiger partial charge < -0.3 is 19.5 Å². The number of carbonyl (C=O) groups excluding carboxylic acids is 2. The summed E-state index contributed by atoms with van der Waals surface area (Å²) in [5.74, 6) is -0.182. The summed E-state index contributed by atoms with van der Waals surface area (Å²) >= 11 is 0. The van der Waals surface area contributed by atoms with Crippen molar-refractivity contribution in [1.29, 1.82) is 0 Å². The average Bonchev–Trinajstić information content (AvgIpc) is 3.45. The zero-order valence-electron chi connectivity index (χ0n) is 17.2. The minimum Gasteiger partial charge on any atom is -0.379 e. The third-order valence-electron chi connectivity index (χ3n) is 5.78. The van der Waals surface area contributed by atoms with E-state index in [9.17, 15) is 9.59 Å². The van der Waals surface area contributed by atoms with Crippen LogP contribution in [0.2, 0.25) is 0 Å². The maximum atomic E-state index is 13.4. The minimum absolute atomic E-state index is 0.0681. The molecular weight excluding hydrogens is 382 g/mol. The molecule has 4 rings (SSSR count). The molecule has 0 saturated carbocycles. The van der Waals surface area contributed by atoms with Gasteiger partial charge in [0.15, 0.2) is 0 Å². The molecule has 30 heavy (non-hydrogen) atoms. The highest BCUT2D eigenvalue weighted by Crippen LogP contribution is 2.30. The number of imidazole rings is 1. The van der Waals surface area contributed by atoms with Crippen molar-refractivity contribution in [3.8, 4) is 0 Å². The Morgan fingerprint density at radius 2 is 2.00 bits per heavy atom. The van der Waals surface area contributed by atoms with Crippen molar-refractivity contribution < 1.29 is 14.3 Å². The number of amides is 2. The van der Waals surface area contributed by atoms with Gasteiger partial charge in [-0.1, -0.05) is 18.2 Å². The first-order chi connectivity index (χ1) is 14.7. The molecule has 1 N–H and O–H groups in total. The second kappa shape index (κ2) is 9.86. The van der Waals surface area contributed by atoms with Crippen LogP contribution in [0.5, 0.6) is 0 Å². The molecule has 1 atom stereocenters. The van der Waals surface area contributed by atoms with Crippen molar-refractivity contribution in [3.05, 3.63) is 48.5 Å². The molecule has 1 unspecified atom stereocenters. The topological polar surface area (TPSA) is 79.7 Å². The number of para-hydroxylation sites is 1. The number of aromatic nitrogens is 2. The van der Waals surface area contributed by atoms with E-state index in [2.05, 4.69) is 21.3 Å². The molecule has 0 bridgehead atoms. The van der Waals surface area contributed by atoms with Gasteiger partial charge in [0, 0.05) is 44.3 Å². The SMILES string of the molecule is O=C(CC(C(=O)N1CCc2ccccc21)n1ccnc1)NCCCN1CCOCC1. The van der Waals surface area contributed by atoms with Gasteiger partial charge in [-0.3, -0.25) is 14.5 Å². The van der Waals surface area contributed by atoms with Crippen LogP contribution >= 0.6 is 0 Å². The number of fused-ring (bicyclic) bond motifs is 1. The largest absolute Gasteiger partial charge is 0.379 e. The second-order valence-electron chi connectivity index (χ2n) is 7.76. The van der Waals surface area contributed by atoms with Crippen LogP contribution in [-0.4, -0.2) is 72.2 Å². The number of carbonyl (C=O) groups is 2. The van der Waals surface area contributed by atoms with Crippen molar-refractivity contribution in [2.45, 2.75) is 25.3 Å². The molecule has 0 aliphatic carbocycles. The Kier molecular flexibility index (Phi) is 6.76. The Hall–Kier alpha value is -2.71. The first kappa shape index (κ1) is 20.6. The van der Waals surface area contributed by atoms with Gasteiger partial charge in [0.05, 0.1) is 26.0 Å². The summed E-state index contributed by atoms with van der Waals surface area (Å²) in [6, 6.07) is 7.35. The summed E-state index contributed by atoms with van der Waals surface area (Å²) in [4.78, 5) is 34.2. The van der Waals surface area contributed by atoms with Gasteiger partial charge in [-0.05, 0) is 31.0 Å². The van der Waals surface area contributed by atoms with E-state index < -0.39 is 6.04 Å². The summed E-state index contributed by atoms with van der Waals surface area (Å²) in [5, 5.41) is 2.98. The van der Waals surface area contributed by atoms with Gasteiger partial charge in [0.2, 0.25) is 5.91 Å². The molecule has 1 aromatic carbocycles. The molecule has 0 spiro atoms. The molecule has 160 valence electrons. The molecule has 1 saturated heterocycles. The molecule has 2 aliphatic heterocycles. The zero-order chi connectivity index (χ0) is 20.8. The number of morpholine rings is 1. The molecule has 1 fully saturated rings. The van der Waals surface area contributed by atoms with Crippen LogP contribution in [0.4, 0.5) is 5.69 Å². The number of hydrogen-bond donors (Lipinski definition) is 1. The highest BCUT2D eigenvalue weighted by atomic mass is 16.5. The summed E-state index contributed by atoms with van der Waals surface area (Å²) in [6.07, 6.45) is 6.82. The van der Waals surface area contributed by atoms with Crippen molar-refractivity contribution in [3.63, 3.8) is 0 Å². The van der Waals surface area contributed by atoms with Gasteiger partial charge in [-0.25, -0.2) is 4.98 Å². The Balaban J connectivity index is 1.34. The fourth-order valence-electron chi connectivity index (χ4n) is 4.12. The monoisotopic (exact) mass is 411 g/mol. The van der Waals surface area contributed by atoms with E-state index >= 15 is 0 Å². The predicted octanol–water partition coefficient (Wildman–Crippen LogP) is 1.24. The number of nitrogens with zero attached hydrogens (tertiary/aromatic N) is 4. The molecule has 2 aromatic rings. The van der Waals surface area contributed by atoms with Crippen molar-refractivity contribution in [1.82, 2.24) is 19.8 Å². The normalized spacial score (nSPS) is 17.5. The maximum absolute atomic E-state index is 13.4. The Bertz CT molecular complexity index is 848. The van der Waals surface area contributed by atoms with Crippen molar-refractivity contribution in [2.24, 2.45) is 0 Å². The first-order valence-corrected chi connectivity index (χ1v) is 10.7.